The Balaban J connectivity index is 2.49. The molecule has 80 valence electrons. The van der Waals surface area contributed by atoms with Gasteiger partial charge in [0, 0.05) is 5.39 Å². The summed E-state index contributed by atoms with van der Waals surface area (Å²) < 4.78 is 6.93. The second kappa shape index (κ2) is 4.42. The molecule has 15 heavy (non-hydrogen) atoms. The second-order valence-electron chi connectivity index (χ2n) is 2.83. The van der Waals surface area contributed by atoms with Gasteiger partial charge < -0.3 is 9.72 Å². The van der Waals surface area contributed by atoms with E-state index in [9.17, 15) is 4.79 Å². The standard InChI is InChI=1S/C9H7BrINO2S/c1-2-14-9(13)7-6(11)4-3-5(10)15-8(4)12-7/h3,12H,2H2,1H3. The van der Waals surface area contributed by atoms with E-state index in [0.717, 1.165) is 17.6 Å². The Hall–Kier alpha value is -0.0800. The predicted octanol–water partition coefficient (Wildman–Crippen LogP) is 3.77. The summed E-state index contributed by atoms with van der Waals surface area (Å²) in [6.45, 7) is 2.19. The van der Waals surface area contributed by atoms with Gasteiger partial charge in [0.25, 0.3) is 0 Å². The van der Waals surface area contributed by atoms with Gasteiger partial charge in [-0.1, -0.05) is 0 Å². The number of rotatable bonds is 2. The third-order valence-electron chi connectivity index (χ3n) is 1.88. The number of thiophene rings is 1. The Labute approximate surface area is 112 Å². The van der Waals surface area contributed by atoms with Gasteiger partial charge in [0.05, 0.1) is 14.0 Å². The molecule has 0 spiro atoms. The summed E-state index contributed by atoms with van der Waals surface area (Å²) in [4.78, 5) is 15.6. The molecule has 0 radical (unpaired) electrons. The van der Waals surface area contributed by atoms with Crippen LogP contribution in [0.3, 0.4) is 0 Å². The summed E-state index contributed by atoms with van der Waals surface area (Å²) in [5, 5.41) is 1.07. The van der Waals surface area contributed by atoms with Gasteiger partial charge in [-0.05, 0) is 51.5 Å². The summed E-state index contributed by atoms with van der Waals surface area (Å²) in [6.07, 6.45) is 0. The lowest BCUT2D eigenvalue weighted by molar-refractivity contribution is 0.0519. The number of H-pyrrole nitrogens is 1. The number of hydrogen-bond donors (Lipinski definition) is 1. The van der Waals surface area contributed by atoms with Crippen molar-refractivity contribution >= 4 is 66.0 Å². The number of carbonyl (C=O) groups excluding carboxylic acids is 1. The first-order valence-electron chi connectivity index (χ1n) is 4.27. The van der Waals surface area contributed by atoms with Gasteiger partial charge in [0.2, 0.25) is 0 Å². The maximum atomic E-state index is 11.6. The fourth-order valence-electron chi connectivity index (χ4n) is 1.26. The van der Waals surface area contributed by atoms with Crippen molar-refractivity contribution in [1.29, 1.82) is 0 Å². The van der Waals surface area contributed by atoms with Crippen molar-refractivity contribution in [3.63, 3.8) is 0 Å². The van der Waals surface area contributed by atoms with E-state index in [2.05, 4.69) is 43.5 Å². The van der Waals surface area contributed by atoms with Crippen LogP contribution in [0.2, 0.25) is 0 Å². The van der Waals surface area contributed by atoms with E-state index in [1.807, 2.05) is 6.07 Å². The Morgan fingerprint density at radius 3 is 3.07 bits per heavy atom. The van der Waals surface area contributed by atoms with Crippen molar-refractivity contribution in [3.05, 3.63) is 19.1 Å². The van der Waals surface area contributed by atoms with Crippen molar-refractivity contribution in [1.82, 2.24) is 4.98 Å². The fraction of sp³-hybridized carbons (Fsp3) is 0.222. The zero-order valence-electron chi connectivity index (χ0n) is 7.77. The Morgan fingerprint density at radius 1 is 1.73 bits per heavy atom. The average molecular weight is 400 g/mol. The van der Waals surface area contributed by atoms with Gasteiger partial charge in [-0.25, -0.2) is 4.79 Å². The van der Waals surface area contributed by atoms with Crippen LogP contribution in [0.4, 0.5) is 0 Å². The Bertz CT molecular complexity index is 519. The van der Waals surface area contributed by atoms with Crippen molar-refractivity contribution in [3.8, 4) is 0 Å². The first-order valence-corrected chi connectivity index (χ1v) is 6.96. The zero-order valence-corrected chi connectivity index (χ0v) is 12.3. The number of nitrogens with one attached hydrogen (secondary N) is 1. The van der Waals surface area contributed by atoms with Crippen LogP contribution in [0, 0.1) is 3.57 Å². The summed E-state index contributed by atoms with van der Waals surface area (Å²) in [5.74, 6) is -0.290. The molecule has 0 aliphatic rings. The van der Waals surface area contributed by atoms with Gasteiger partial charge in [0.15, 0.2) is 0 Å². The summed E-state index contributed by atoms with van der Waals surface area (Å²) in [5.41, 5.74) is 0.547. The lowest BCUT2D eigenvalue weighted by atomic mass is 10.3. The highest BCUT2D eigenvalue weighted by atomic mass is 127. The minimum atomic E-state index is -0.290. The van der Waals surface area contributed by atoms with Crippen LogP contribution in [-0.2, 0) is 4.74 Å². The van der Waals surface area contributed by atoms with Crippen molar-refractivity contribution in [2.45, 2.75) is 6.92 Å². The number of fused-ring (bicyclic) bond motifs is 1. The molecule has 2 heterocycles. The Morgan fingerprint density at radius 2 is 2.47 bits per heavy atom. The van der Waals surface area contributed by atoms with E-state index in [0.29, 0.717) is 12.3 Å². The third-order valence-corrected chi connectivity index (χ3v) is 4.55. The molecule has 0 aromatic carbocycles. The lowest BCUT2D eigenvalue weighted by Gasteiger charge is -1.98. The van der Waals surface area contributed by atoms with Crippen LogP contribution in [0.1, 0.15) is 17.4 Å². The number of carbonyl (C=O) groups is 1. The van der Waals surface area contributed by atoms with Crippen LogP contribution in [0.5, 0.6) is 0 Å². The molecule has 0 saturated heterocycles. The number of halogens is 2. The van der Waals surface area contributed by atoms with Crippen LogP contribution in [0.15, 0.2) is 9.85 Å². The minimum Gasteiger partial charge on any atom is -0.461 e. The highest BCUT2D eigenvalue weighted by Crippen LogP contribution is 2.34. The first kappa shape index (κ1) is 11.4. The zero-order chi connectivity index (χ0) is 11.0. The number of aromatic amines is 1. The molecule has 0 fully saturated rings. The molecule has 1 N–H and O–H groups in total. The topological polar surface area (TPSA) is 42.1 Å². The molecular weight excluding hydrogens is 393 g/mol. The SMILES string of the molecule is CCOC(=O)c1[nH]c2sc(Br)cc2c1I. The van der Waals surface area contributed by atoms with E-state index < -0.39 is 0 Å². The molecular formula is C9H7BrINO2S. The summed E-state index contributed by atoms with van der Waals surface area (Å²) in [7, 11) is 0. The smallest absolute Gasteiger partial charge is 0.355 e. The van der Waals surface area contributed by atoms with E-state index in [-0.39, 0.29) is 5.97 Å². The van der Waals surface area contributed by atoms with Crippen molar-refractivity contribution < 1.29 is 9.53 Å². The molecule has 0 amide bonds. The molecule has 2 aromatic rings. The average Bonchev–Trinajstić information content (AvgIpc) is 2.66. The molecule has 0 bridgehead atoms. The van der Waals surface area contributed by atoms with Gasteiger partial charge >= 0.3 is 5.97 Å². The second-order valence-corrected chi connectivity index (χ2v) is 6.34. The highest BCUT2D eigenvalue weighted by molar-refractivity contribution is 14.1. The van der Waals surface area contributed by atoms with Crippen LogP contribution >= 0.6 is 49.9 Å². The van der Waals surface area contributed by atoms with Crippen LogP contribution < -0.4 is 0 Å². The largest absolute Gasteiger partial charge is 0.461 e. The number of hydrogen-bond acceptors (Lipinski definition) is 3. The maximum Gasteiger partial charge on any atom is 0.355 e. The van der Waals surface area contributed by atoms with E-state index >= 15 is 0 Å². The third kappa shape index (κ3) is 2.07. The number of ether oxygens (including phenoxy) is 1. The molecule has 0 aliphatic heterocycles. The molecule has 6 heteroatoms. The van der Waals surface area contributed by atoms with Crippen LogP contribution in [-0.4, -0.2) is 17.6 Å². The Kier molecular flexibility index (Phi) is 3.36. The molecule has 3 nitrogen and oxygen atoms in total. The van der Waals surface area contributed by atoms with Crippen molar-refractivity contribution in [2.24, 2.45) is 0 Å². The number of esters is 1. The number of aromatic nitrogens is 1. The summed E-state index contributed by atoms with van der Waals surface area (Å²) >= 11 is 7.14. The minimum absolute atomic E-state index is 0.290. The van der Waals surface area contributed by atoms with Gasteiger partial charge in [-0.15, -0.1) is 11.3 Å². The van der Waals surface area contributed by atoms with Gasteiger partial charge in [0.1, 0.15) is 10.5 Å². The molecule has 2 aromatic heterocycles. The van der Waals surface area contributed by atoms with Gasteiger partial charge in [-0.2, -0.15) is 0 Å². The summed E-state index contributed by atoms with van der Waals surface area (Å²) in [6, 6.07) is 2.00. The first-order chi connectivity index (χ1) is 7.13. The van der Waals surface area contributed by atoms with Crippen LogP contribution in [0.25, 0.3) is 10.2 Å². The monoisotopic (exact) mass is 399 g/mol. The lowest BCUT2D eigenvalue weighted by Crippen LogP contribution is -2.06. The fourth-order valence-corrected chi connectivity index (χ4v) is 3.74. The molecule has 0 unspecified atom stereocenters. The highest BCUT2D eigenvalue weighted by Gasteiger charge is 2.18. The van der Waals surface area contributed by atoms with E-state index in [1.54, 1.807) is 18.3 Å². The normalized spacial score (nSPS) is 10.9. The molecule has 0 saturated carbocycles. The predicted molar refractivity (Wildman–Crippen MR) is 72.5 cm³/mol. The van der Waals surface area contributed by atoms with Gasteiger partial charge in [-0.3, -0.25) is 0 Å². The van der Waals surface area contributed by atoms with E-state index in [1.165, 1.54) is 0 Å². The van der Waals surface area contributed by atoms with Crippen molar-refractivity contribution in [2.75, 3.05) is 6.61 Å². The maximum absolute atomic E-state index is 11.6. The van der Waals surface area contributed by atoms with E-state index in [4.69, 9.17) is 4.74 Å². The quantitative estimate of drug-likeness (QED) is 0.616. The molecule has 0 atom stereocenters. The molecule has 0 aliphatic carbocycles. The molecule has 2 rings (SSSR count).